The van der Waals surface area contributed by atoms with Crippen LogP contribution in [-0.2, 0) is 27.9 Å². The van der Waals surface area contributed by atoms with Crippen LogP contribution in [0.1, 0.15) is 66.0 Å². The number of pyridine rings is 2. The number of nitrogens with zero attached hydrogens (tertiary/aromatic N) is 6. The summed E-state index contributed by atoms with van der Waals surface area (Å²) < 4.78 is 37.2. The van der Waals surface area contributed by atoms with Gasteiger partial charge in [0.05, 0.1) is 23.9 Å². The molecule has 1 amide bonds. The Morgan fingerprint density at radius 1 is 1.06 bits per heavy atom. The monoisotopic (exact) mass is 653 g/mol. The Balaban J connectivity index is 1.40. The highest BCUT2D eigenvalue weighted by atomic mass is 32.2. The van der Waals surface area contributed by atoms with Gasteiger partial charge in [-0.3, -0.25) is 9.78 Å². The third-order valence-corrected chi connectivity index (χ3v) is 10.8. The SMILES string of the molecule is CC[C@@H]1CN(Cc2cc([C@H](CC(=O)Nc3cnccc3C)c3ccc4c(nnn4CC)c3C)ccc2C)S(=O)(=O)c2cccnc2O1. The van der Waals surface area contributed by atoms with E-state index < -0.39 is 10.0 Å². The Morgan fingerprint density at radius 2 is 1.89 bits per heavy atom. The highest BCUT2D eigenvalue weighted by Crippen LogP contribution is 2.36. The van der Waals surface area contributed by atoms with Gasteiger partial charge in [-0.1, -0.05) is 36.4 Å². The van der Waals surface area contributed by atoms with Gasteiger partial charge in [-0.05, 0) is 91.8 Å². The fourth-order valence-corrected chi connectivity index (χ4v) is 7.66. The van der Waals surface area contributed by atoms with E-state index in [1.54, 1.807) is 24.7 Å². The van der Waals surface area contributed by atoms with Gasteiger partial charge in [0.2, 0.25) is 21.8 Å². The van der Waals surface area contributed by atoms with Gasteiger partial charge in [-0.25, -0.2) is 18.1 Å². The van der Waals surface area contributed by atoms with E-state index in [0.717, 1.165) is 44.4 Å². The number of fused-ring (bicyclic) bond motifs is 2. The predicted octanol–water partition coefficient (Wildman–Crippen LogP) is 5.69. The number of sulfonamides is 1. The zero-order valence-corrected chi connectivity index (χ0v) is 28.1. The maximum absolute atomic E-state index is 13.9. The van der Waals surface area contributed by atoms with Crippen molar-refractivity contribution in [2.24, 2.45) is 0 Å². The first-order chi connectivity index (χ1) is 22.6. The molecule has 0 saturated carbocycles. The summed E-state index contributed by atoms with van der Waals surface area (Å²) >= 11 is 0. The summed E-state index contributed by atoms with van der Waals surface area (Å²) in [6, 6.07) is 15.1. The second kappa shape index (κ2) is 13.2. The standard InChI is InChI=1S/C35H39N7O4S/c1-6-27-21-41(47(44,45)32-9-8-15-37-35(32)46-27)20-26-17-25(11-10-22(26)3)29(18-33(43)38-30-19-36-16-14-23(30)4)28-12-13-31-34(24(28)5)39-40-42(31)7-2/h8-17,19,27,29H,6-7,18,20-21H2,1-5H3,(H,38,43)/t27-,29+/m1/s1. The number of aryl methyl sites for hydroxylation is 4. The van der Waals surface area contributed by atoms with Crippen LogP contribution in [0.5, 0.6) is 5.88 Å². The predicted molar refractivity (Wildman–Crippen MR) is 180 cm³/mol. The minimum Gasteiger partial charge on any atom is -0.472 e. The molecular weight excluding hydrogens is 614 g/mol. The normalized spacial score (nSPS) is 16.7. The number of hydrogen-bond acceptors (Lipinski definition) is 8. The lowest BCUT2D eigenvalue weighted by Crippen LogP contribution is -2.36. The van der Waals surface area contributed by atoms with Crippen molar-refractivity contribution in [2.75, 3.05) is 11.9 Å². The summed E-state index contributed by atoms with van der Waals surface area (Å²) in [5.41, 5.74) is 7.89. The molecule has 1 N–H and O–H groups in total. The average molecular weight is 654 g/mol. The van der Waals surface area contributed by atoms with Crippen LogP contribution in [0.25, 0.3) is 11.0 Å². The van der Waals surface area contributed by atoms with Crippen LogP contribution in [0.2, 0.25) is 0 Å². The number of nitrogens with one attached hydrogen (secondary N) is 1. The number of amides is 1. The van der Waals surface area contributed by atoms with E-state index in [2.05, 4.69) is 25.6 Å². The number of carbonyl (C=O) groups is 1. The molecule has 0 unspecified atom stereocenters. The van der Waals surface area contributed by atoms with Gasteiger partial charge in [0.25, 0.3) is 0 Å². The molecule has 12 heteroatoms. The van der Waals surface area contributed by atoms with Gasteiger partial charge in [-0.15, -0.1) is 5.10 Å². The zero-order valence-electron chi connectivity index (χ0n) is 27.3. The van der Waals surface area contributed by atoms with Crippen LogP contribution in [-0.4, -0.2) is 56.2 Å². The molecule has 2 aromatic carbocycles. The number of rotatable bonds is 9. The topological polar surface area (TPSA) is 132 Å². The second-order valence-corrected chi connectivity index (χ2v) is 13.9. The third-order valence-electron chi connectivity index (χ3n) is 8.98. The van der Waals surface area contributed by atoms with Crippen LogP contribution < -0.4 is 10.1 Å². The van der Waals surface area contributed by atoms with Crippen molar-refractivity contribution in [2.45, 2.75) is 77.5 Å². The molecule has 1 aliphatic rings. The highest BCUT2D eigenvalue weighted by molar-refractivity contribution is 7.89. The number of anilines is 1. The number of ether oxygens (including phenoxy) is 1. The molecule has 5 aromatic rings. The summed E-state index contributed by atoms with van der Waals surface area (Å²) in [6.45, 7) is 10.9. The Morgan fingerprint density at radius 3 is 2.66 bits per heavy atom. The summed E-state index contributed by atoms with van der Waals surface area (Å²) in [4.78, 5) is 22.1. The second-order valence-electron chi connectivity index (χ2n) is 12.0. The summed E-state index contributed by atoms with van der Waals surface area (Å²) in [7, 11) is -3.89. The molecule has 0 bridgehead atoms. The van der Waals surface area contributed by atoms with Crippen molar-refractivity contribution >= 4 is 32.7 Å². The first-order valence-corrected chi connectivity index (χ1v) is 17.3. The van der Waals surface area contributed by atoms with E-state index >= 15 is 0 Å². The summed E-state index contributed by atoms with van der Waals surface area (Å²) in [6.07, 6.45) is 5.31. The van der Waals surface area contributed by atoms with Gasteiger partial charge in [0, 0.05) is 37.8 Å². The largest absolute Gasteiger partial charge is 0.472 e. The summed E-state index contributed by atoms with van der Waals surface area (Å²) in [5.74, 6) is -0.375. The summed E-state index contributed by atoms with van der Waals surface area (Å²) in [5, 5.41) is 11.8. The van der Waals surface area contributed by atoms with Gasteiger partial charge in [0.1, 0.15) is 16.5 Å². The Bertz CT molecular complexity index is 2060. The lowest BCUT2D eigenvalue weighted by Gasteiger charge is -2.25. The van der Waals surface area contributed by atoms with Gasteiger partial charge in [-0.2, -0.15) is 4.31 Å². The lowest BCUT2D eigenvalue weighted by molar-refractivity contribution is -0.116. The Hall–Kier alpha value is -4.68. The molecule has 47 heavy (non-hydrogen) atoms. The van der Waals surface area contributed by atoms with Crippen LogP contribution in [0, 0.1) is 20.8 Å². The molecule has 4 heterocycles. The molecule has 6 rings (SSSR count). The zero-order chi connectivity index (χ0) is 33.3. The molecule has 0 fully saturated rings. The molecule has 3 aromatic heterocycles. The number of carbonyl (C=O) groups excluding carboxylic acids is 1. The van der Waals surface area contributed by atoms with E-state index in [1.807, 2.05) is 75.7 Å². The third kappa shape index (κ3) is 6.35. The van der Waals surface area contributed by atoms with Crippen molar-refractivity contribution in [3.05, 3.63) is 101 Å². The minimum absolute atomic E-state index is 0.0639. The fraction of sp³-hybridized carbons (Fsp3) is 0.343. The molecule has 11 nitrogen and oxygen atoms in total. The number of hydrogen-bond donors (Lipinski definition) is 1. The highest BCUT2D eigenvalue weighted by Gasteiger charge is 2.35. The van der Waals surface area contributed by atoms with Crippen molar-refractivity contribution in [3.63, 3.8) is 0 Å². The van der Waals surface area contributed by atoms with Crippen LogP contribution in [0.15, 0.2) is 72.0 Å². The van der Waals surface area contributed by atoms with Gasteiger partial charge >= 0.3 is 0 Å². The van der Waals surface area contributed by atoms with Crippen molar-refractivity contribution in [1.29, 1.82) is 0 Å². The van der Waals surface area contributed by atoms with Crippen LogP contribution in [0.4, 0.5) is 5.69 Å². The van der Waals surface area contributed by atoms with Crippen molar-refractivity contribution < 1.29 is 17.9 Å². The van der Waals surface area contributed by atoms with E-state index in [4.69, 9.17) is 4.74 Å². The molecule has 2 atom stereocenters. The van der Waals surface area contributed by atoms with E-state index in [1.165, 1.54) is 10.4 Å². The molecular formula is C35H39N7O4S. The molecule has 1 aliphatic heterocycles. The van der Waals surface area contributed by atoms with Crippen LogP contribution in [0.3, 0.4) is 0 Å². The van der Waals surface area contributed by atoms with Crippen molar-refractivity contribution in [1.82, 2.24) is 29.3 Å². The Kier molecular flexibility index (Phi) is 9.07. The van der Waals surface area contributed by atoms with E-state index in [-0.39, 0.29) is 48.2 Å². The number of aromatic nitrogens is 5. The minimum atomic E-state index is -3.89. The first kappa shape index (κ1) is 32.3. The maximum Gasteiger partial charge on any atom is 0.248 e. The number of benzene rings is 2. The molecule has 244 valence electrons. The lowest BCUT2D eigenvalue weighted by atomic mass is 9.84. The quantitative estimate of drug-likeness (QED) is 0.215. The fourth-order valence-electron chi connectivity index (χ4n) is 6.13. The average Bonchev–Trinajstić information content (AvgIpc) is 3.45. The first-order valence-electron chi connectivity index (χ1n) is 15.8. The van der Waals surface area contributed by atoms with Gasteiger partial charge < -0.3 is 10.1 Å². The Labute approximate surface area is 275 Å². The van der Waals surface area contributed by atoms with E-state index in [0.29, 0.717) is 18.7 Å². The van der Waals surface area contributed by atoms with Crippen LogP contribution >= 0.6 is 0 Å². The molecule has 0 spiro atoms. The van der Waals surface area contributed by atoms with Gasteiger partial charge in [0.15, 0.2) is 0 Å². The van der Waals surface area contributed by atoms with Crippen molar-refractivity contribution in [3.8, 4) is 5.88 Å². The smallest absolute Gasteiger partial charge is 0.248 e. The molecule has 0 aliphatic carbocycles. The molecule has 0 radical (unpaired) electrons. The maximum atomic E-state index is 13.9. The molecule has 0 saturated heterocycles. The van der Waals surface area contributed by atoms with E-state index in [9.17, 15) is 13.2 Å².